The van der Waals surface area contributed by atoms with E-state index in [1.807, 2.05) is 13.0 Å². The van der Waals surface area contributed by atoms with Crippen molar-refractivity contribution in [2.45, 2.75) is 24.5 Å². The van der Waals surface area contributed by atoms with Crippen LogP contribution in [0.15, 0.2) is 65.6 Å². The summed E-state index contributed by atoms with van der Waals surface area (Å²) in [6.07, 6.45) is -1.05. The second-order valence-corrected chi connectivity index (χ2v) is 10.1. The lowest BCUT2D eigenvalue weighted by atomic mass is 10.1. The van der Waals surface area contributed by atoms with E-state index >= 15 is 0 Å². The molecule has 0 aliphatic carbocycles. The van der Waals surface area contributed by atoms with Crippen molar-refractivity contribution in [2.75, 3.05) is 32.2 Å². The van der Waals surface area contributed by atoms with Crippen LogP contribution in [0.5, 0.6) is 23.0 Å². The molecule has 0 saturated carbocycles. The number of sulfonamides is 1. The van der Waals surface area contributed by atoms with Gasteiger partial charge in [-0.3, -0.25) is 9.10 Å². The molecule has 0 fully saturated rings. The van der Waals surface area contributed by atoms with Gasteiger partial charge in [-0.25, -0.2) is 8.42 Å². The predicted octanol–water partition coefficient (Wildman–Crippen LogP) is 3.29. The van der Waals surface area contributed by atoms with Gasteiger partial charge in [0.2, 0.25) is 0 Å². The third-order valence-corrected chi connectivity index (χ3v) is 7.63. The van der Waals surface area contributed by atoms with Gasteiger partial charge in [-0.2, -0.15) is 0 Å². The number of hydrogen-bond donors (Lipinski definition) is 1. The number of nitrogens with one attached hydrogen (secondary N) is 1. The molecule has 1 amide bonds. The van der Waals surface area contributed by atoms with Crippen molar-refractivity contribution in [3.05, 3.63) is 71.8 Å². The van der Waals surface area contributed by atoms with E-state index in [1.165, 1.54) is 30.7 Å². The summed E-state index contributed by atoms with van der Waals surface area (Å²) in [4.78, 5) is 13.2. The minimum Gasteiger partial charge on any atom is -0.497 e. The molecule has 10 heteroatoms. The summed E-state index contributed by atoms with van der Waals surface area (Å²) in [5.41, 5.74) is 2.04. The molecule has 1 heterocycles. The number of anilines is 1. The fraction of sp³-hybridized carbons (Fsp3) is 0.269. The van der Waals surface area contributed by atoms with Crippen LogP contribution >= 0.6 is 0 Å². The Balaban J connectivity index is 1.58. The number of carbonyl (C=O) groups is 1. The molecule has 0 saturated heterocycles. The van der Waals surface area contributed by atoms with Gasteiger partial charge in [-0.15, -0.1) is 0 Å². The summed E-state index contributed by atoms with van der Waals surface area (Å²) in [5.74, 6) is 1.54. The average molecular weight is 513 g/mol. The Morgan fingerprint density at radius 1 is 0.972 bits per heavy atom. The third-order valence-electron chi connectivity index (χ3n) is 5.84. The Hall–Kier alpha value is -3.92. The van der Waals surface area contributed by atoms with Crippen molar-refractivity contribution in [1.82, 2.24) is 5.32 Å². The molecule has 0 unspecified atom stereocenters. The van der Waals surface area contributed by atoms with Crippen LogP contribution in [0.2, 0.25) is 0 Å². The smallest absolute Gasteiger partial charge is 0.264 e. The van der Waals surface area contributed by atoms with Gasteiger partial charge in [0.1, 0.15) is 11.5 Å². The number of benzene rings is 3. The van der Waals surface area contributed by atoms with Crippen molar-refractivity contribution < 1.29 is 32.2 Å². The third kappa shape index (κ3) is 5.03. The second-order valence-electron chi connectivity index (χ2n) is 8.20. The van der Waals surface area contributed by atoms with Crippen LogP contribution in [-0.4, -0.2) is 48.3 Å². The van der Waals surface area contributed by atoms with E-state index in [0.29, 0.717) is 28.7 Å². The van der Waals surface area contributed by atoms with E-state index in [1.54, 1.807) is 49.6 Å². The first kappa shape index (κ1) is 25.2. The van der Waals surface area contributed by atoms with E-state index < -0.39 is 22.0 Å². The van der Waals surface area contributed by atoms with Crippen LogP contribution in [0, 0.1) is 6.92 Å². The SMILES string of the molecule is COc1ccc(S(=O)(=O)N2C[C@@H](C(=O)NCc3ccc(OC)c(OC)c3)Oc3ccc(C)cc32)cc1. The number of rotatable bonds is 8. The highest BCUT2D eigenvalue weighted by molar-refractivity contribution is 7.92. The molecule has 0 aromatic heterocycles. The van der Waals surface area contributed by atoms with E-state index in [0.717, 1.165) is 11.1 Å². The molecule has 3 aromatic carbocycles. The Morgan fingerprint density at radius 2 is 1.69 bits per heavy atom. The maximum Gasteiger partial charge on any atom is 0.264 e. The topological polar surface area (TPSA) is 103 Å². The largest absolute Gasteiger partial charge is 0.497 e. The zero-order chi connectivity index (χ0) is 25.9. The Bertz CT molecular complexity index is 1360. The molecule has 190 valence electrons. The first-order valence-electron chi connectivity index (χ1n) is 11.2. The van der Waals surface area contributed by atoms with Gasteiger partial charge in [-0.1, -0.05) is 12.1 Å². The molecule has 1 N–H and O–H groups in total. The molecular formula is C26H28N2O7S. The minimum absolute atomic E-state index is 0.0853. The maximum atomic E-state index is 13.6. The van der Waals surface area contributed by atoms with Crippen molar-refractivity contribution in [3.63, 3.8) is 0 Å². The zero-order valence-electron chi connectivity index (χ0n) is 20.5. The molecule has 9 nitrogen and oxygen atoms in total. The fourth-order valence-corrected chi connectivity index (χ4v) is 5.36. The maximum absolute atomic E-state index is 13.6. The summed E-state index contributed by atoms with van der Waals surface area (Å²) in [7, 11) is 0.611. The van der Waals surface area contributed by atoms with Gasteiger partial charge in [0.15, 0.2) is 17.6 Å². The number of aryl methyl sites for hydroxylation is 1. The number of methoxy groups -OCH3 is 3. The van der Waals surface area contributed by atoms with Gasteiger partial charge in [0.25, 0.3) is 15.9 Å². The van der Waals surface area contributed by atoms with Crippen LogP contribution < -0.4 is 28.6 Å². The average Bonchev–Trinajstić information content (AvgIpc) is 2.90. The monoisotopic (exact) mass is 512 g/mol. The second kappa shape index (κ2) is 10.4. The quantitative estimate of drug-likeness (QED) is 0.494. The van der Waals surface area contributed by atoms with Crippen LogP contribution in [-0.2, 0) is 21.4 Å². The lowest BCUT2D eigenvalue weighted by molar-refractivity contribution is -0.127. The van der Waals surface area contributed by atoms with Gasteiger partial charge in [-0.05, 0) is 66.6 Å². The van der Waals surface area contributed by atoms with Crippen molar-refractivity contribution >= 4 is 21.6 Å². The summed E-state index contributed by atoms with van der Waals surface area (Å²) in [5, 5.41) is 2.83. The molecule has 0 bridgehead atoms. The molecule has 1 atom stereocenters. The molecule has 3 aromatic rings. The van der Waals surface area contributed by atoms with Gasteiger partial charge >= 0.3 is 0 Å². The summed E-state index contributed by atoms with van der Waals surface area (Å²) in [6, 6.07) is 16.6. The van der Waals surface area contributed by atoms with Crippen LogP contribution in [0.25, 0.3) is 0 Å². The zero-order valence-corrected chi connectivity index (χ0v) is 21.3. The molecule has 0 radical (unpaired) electrons. The fourth-order valence-electron chi connectivity index (χ4n) is 3.89. The summed E-state index contributed by atoms with van der Waals surface area (Å²) >= 11 is 0. The Kier molecular flexibility index (Phi) is 7.25. The summed E-state index contributed by atoms with van der Waals surface area (Å²) in [6.45, 7) is 1.88. The number of fused-ring (bicyclic) bond motifs is 1. The number of carbonyl (C=O) groups excluding carboxylic acids is 1. The van der Waals surface area contributed by atoms with E-state index in [9.17, 15) is 13.2 Å². The lowest BCUT2D eigenvalue weighted by Gasteiger charge is -2.35. The first-order chi connectivity index (χ1) is 17.3. The molecule has 0 spiro atoms. The number of nitrogens with zero attached hydrogens (tertiary/aromatic N) is 1. The predicted molar refractivity (Wildman–Crippen MR) is 135 cm³/mol. The molecule has 4 rings (SSSR count). The minimum atomic E-state index is -3.98. The van der Waals surface area contributed by atoms with Crippen molar-refractivity contribution in [1.29, 1.82) is 0 Å². The normalized spacial score (nSPS) is 14.9. The highest BCUT2D eigenvalue weighted by Crippen LogP contribution is 2.38. The lowest BCUT2D eigenvalue weighted by Crippen LogP contribution is -2.50. The standard InChI is InChI=1S/C26H28N2O7S/c1-17-5-11-22-21(13-17)28(36(30,31)20-9-7-19(32-2)8-10-20)16-25(35-22)26(29)27-15-18-6-12-23(33-3)24(14-18)34-4/h5-14,25H,15-16H2,1-4H3,(H,27,29)/t25-/m0/s1. The highest BCUT2D eigenvalue weighted by atomic mass is 32.2. The number of amides is 1. The Labute approximate surface area is 210 Å². The van der Waals surface area contributed by atoms with Gasteiger partial charge in [0, 0.05) is 6.54 Å². The molecular weight excluding hydrogens is 484 g/mol. The van der Waals surface area contributed by atoms with E-state index in [-0.39, 0.29) is 18.0 Å². The molecule has 36 heavy (non-hydrogen) atoms. The first-order valence-corrected chi connectivity index (χ1v) is 12.6. The van der Waals surface area contributed by atoms with Gasteiger partial charge < -0.3 is 24.3 Å². The number of ether oxygens (including phenoxy) is 4. The molecule has 1 aliphatic rings. The van der Waals surface area contributed by atoms with Crippen LogP contribution in [0.1, 0.15) is 11.1 Å². The number of hydrogen-bond acceptors (Lipinski definition) is 7. The highest BCUT2D eigenvalue weighted by Gasteiger charge is 2.37. The van der Waals surface area contributed by atoms with Gasteiger partial charge in [0.05, 0.1) is 38.5 Å². The Morgan fingerprint density at radius 3 is 2.36 bits per heavy atom. The molecule has 1 aliphatic heterocycles. The van der Waals surface area contributed by atoms with Crippen LogP contribution in [0.3, 0.4) is 0 Å². The summed E-state index contributed by atoms with van der Waals surface area (Å²) < 4.78 is 50.1. The van der Waals surface area contributed by atoms with Crippen molar-refractivity contribution in [2.24, 2.45) is 0 Å². The van der Waals surface area contributed by atoms with Crippen molar-refractivity contribution in [3.8, 4) is 23.0 Å². The van der Waals surface area contributed by atoms with E-state index in [4.69, 9.17) is 18.9 Å². The van der Waals surface area contributed by atoms with Crippen LogP contribution in [0.4, 0.5) is 5.69 Å². The van der Waals surface area contributed by atoms with E-state index in [2.05, 4.69) is 5.32 Å².